The molecular weight excluding hydrogens is 380 g/mol. The van der Waals surface area contributed by atoms with Crippen molar-refractivity contribution in [3.8, 4) is 0 Å². The first-order chi connectivity index (χ1) is 14.5. The first kappa shape index (κ1) is 19.2. The fourth-order valence-corrected chi connectivity index (χ4v) is 6.17. The zero-order valence-electron chi connectivity index (χ0n) is 16.9. The average Bonchev–Trinajstić information content (AvgIpc) is 3.34. The van der Waals surface area contributed by atoms with E-state index in [0.717, 1.165) is 30.0 Å². The summed E-state index contributed by atoms with van der Waals surface area (Å²) in [7, 11) is 0. The predicted molar refractivity (Wildman–Crippen MR) is 112 cm³/mol. The molecule has 3 aliphatic heterocycles. The fraction of sp³-hybridized carbons (Fsp3) is 0.458. The largest absolute Gasteiger partial charge is 0.396 e. The van der Waals surface area contributed by atoms with Gasteiger partial charge < -0.3 is 9.84 Å². The molecule has 0 aromatic heterocycles. The second kappa shape index (κ2) is 6.63. The van der Waals surface area contributed by atoms with E-state index in [0.29, 0.717) is 24.2 Å². The van der Waals surface area contributed by atoms with Crippen molar-refractivity contribution in [2.24, 2.45) is 11.8 Å². The number of aliphatic hydroxyl groups is 1. The molecule has 30 heavy (non-hydrogen) atoms. The number of carbonyl (C=O) groups excluding carboxylic acids is 2. The summed E-state index contributed by atoms with van der Waals surface area (Å²) in [5.41, 5.74) is -0.353. The van der Waals surface area contributed by atoms with E-state index in [1.54, 1.807) is 12.1 Å². The number of benzene rings is 2. The molecule has 2 aromatic carbocycles. The lowest BCUT2D eigenvalue weighted by Gasteiger charge is -2.31. The van der Waals surface area contributed by atoms with Crippen LogP contribution in [0.15, 0.2) is 36.4 Å². The Labute approximate surface area is 175 Å². The number of aliphatic hydroxyl groups excluding tert-OH is 1. The number of carbonyl (C=O) groups is 2. The second-order valence-corrected chi connectivity index (χ2v) is 8.68. The highest BCUT2D eigenvalue weighted by Crippen LogP contribution is 2.64. The van der Waals surface area contributed by atoms with Gasteiger partial charge in [-0.25, -0.2) is 9.74 Å². The number of ether oxygens (including phenoxy) is 1. The van der Waals surface area contributed by atoms with Crippen molar-refractivity contribution in [1.29, 1.82) is 0 Å². The van der Waals surface area contributed by atoms with Gasteiger partial charge in [-0.1, -0.05) is 43.7 Å². The number of hydrogen-bond acceptors (Lipinski definition) is 4. The number of imide groups is 1. The van der Waals surface area contributed by atoms with Crippen molar-refractivity contribution in [3.05, 3.63) is 47.8 Å². The molecular formula is C24H24N2O4. The van der Waals surface area contributed by atoms with E-state index in [-0.39, 0.29) is 18.4 Å². The fourth-order valence-electron chi connectivity index (χ4n) is 6.17. The molecule has 2 bridgehead atoms. The van der Waals surface area contributed by atoms with Gasteiger partial charge >= 0.3 is 0 Å². The van der Waals surface area contributed by atoms with E-state index in [9.17, 15) is 14.7 Å². The van der Waals surface area contributed by atoms with Crippen LogP contribution >= 0.6 is 0 Å². The molecule has 2 unspecified atom stereocenters. The van der Waals surface area contributed by atoms with E-state index in [2.05, 4.69) is 11.8 Å². The van der Waals surface area contributed by atoms with Crippen LogP contribution in [-0.4, -0.2) is 34.7 Å². The van der Waals surface area contributed by atoms with Gasteiger partial charge in [0.25, 0.3) is 0 Å². The van der Waals surface area contributed by atoms with Gasteiger partial charge in [-0.3, -0.25) is 9.59 Å². The summed E-state index contributed by atoms with van der Waals surface area (Å²) in [5.74, 6) is -1.52. The highest BCUT2D eigenvalue weighted by Gasteiger charge is 2.74. The van der Waals surface area contributed by atoms with Crippen molar-refractivity contribution in [3.63, 3.8) is 0 Å². The van der Waals surface area contributed by atoms with E-state index in [1.165, 1.54) is 4.90 Å². The molecule has 2 amide bonds. The molecule has 5 rings (SSSR count). The molecule has 0 spiro atoms. The highest BCUT2D eigenvalue weighted by molar-refractivity contribution is 6.26. The number of anilines is 1. The SMILES string of the molecule is [C-]#[N+]c1ccc(N2C(=O)[C@@H]3[C@H](C2=O)C2(CCC)CCC3(CCO)O2)c2ccccc12. The average molecular weight is 404 g/mol. The predicted octanol–water partition coefficient (Wildman–Crippen LogP) is 3.98. The maximum absolute atomic E-state index is 13.7. The van der Waals surface area contributed by atoms with Gasteiger partial charge in [-0.15, -0.1) is 0 Å². The van der Waals surface area contributed by atoms with Gasteiger partial charge in [0.2, 0.25) is 11.8 Å². The number of hydrogen-bond donors (Lipinski definition) is 1. The van der Waals surface area contributed by atoms with Gasteiger partial charge in [0.1, 0.15) is 0 Å². The standard InChI is InChI=1S/C24H24N2O4/c1-3-10-23-11-12-24(30-23,13-14-27)20-19(23)21(28)26(22(20)29)18-9-8-17(25-2)15-6-4-5-7-16(15)18/h4-9,19-20,27H,3,10-14H2,1H3/t19-,20+,23?,24?/m1/s1. The van der Waals surface area contributed by atoms with Gasteiger partial charge in [-0.05, 0) is 36.1 Å². The third kappa shape index (κ3) is 2.31. The van der Waals surface area contributed by atoms with Crippen LogP contribution in [0.1, 0.15) is 39.0 Å². The Morgan fingerprint density at radius 2 is 1.70 bits per heavy atom. The lowest BCUT2D eigenvalue weighted by atomic mass is 9.65. The summed E-state index contributed by atoms with van der Waals surface area (Å²) >= 11 is 0. The molecule has 3 saturated heterocycles. The van der Waals surface area contributed by atoms with Crippen LogP contribution in [0, 0.1) is 18.4 Å². The quantitative estimate of drug-likeness (QED) is 0.604. The smallest absolute Gasteiger partial charge is 0.240 e. The Balaban J connectivity index is 1.66. The number of rotatable bonds is 5. The summed E-state index contributed by atoms with van der Waals surface area (Å²) < 4.78 is 6.48. The summed E-state index contributed by atoms with van der Waals surface area (Å²) in [5, 5.41) is 11.1. The molecule has 0 radical (unpaired) electrons. The van der Waals surface area contributed by atoms with E-state index < -0.39 is 23.0 Å². The highest BCUT2D eigenvalue weighted by atomic mass is 16.5. The second-order valence-electron chi connectivity index (χ2n) is 8.68. The summed E-state index contributed by atoms with van der Waals surface area (Å²) in [4.78, 5) is 32.3. The minimum Gasteiger partial charge on any atom is -0.396 e. The third-order valence-corrected chi connectivity index (χ3v) is 7.27. The van der Waals surface area contributed by atoms with Crippen LogP contribution in [0.5, 0.6) is 0 Å². The Hall–Kier alpha value is -2.75. The van der Waals surface area contributed by atoms with Crippen molar-refractivity contribution in [2.45, 2.75) is 50.2 Å². The van der Waals surface area contributed by atoms with E-state index >= 15 is 0 Å². The summed E-state index contributed by atoms with van der Waals surface area (Å²) in [6.07, 6.45) is 3.39. The third-order valence-electron chi connectivity index (χ3n) is 7.27. The first-order valence-corrected chi connectivity index (χ1v) is 10.6. The van der Waals surface area contributed by atoms with Crippen LogP contribution in [0.2, 0.25) is 0 Å². The lowest BCUT2D eigenvalue weighted by Crippen LogP contribution is -2.43. The maximum atomic E-state index is 13.7. The monoisotopic (exact) mass is 404 g/mol. The van der Waals surface area contributed by atoms with Gasteiger partial charge in [0.05, 0.1) is 35.3 Å². The molecule has 3 aliphatic rings. The molecule has 2 aromatic rings. The molecule has 4 atom stereocenters. The van der Waals surface area contributed by atoms with Crippen LogP contribution in [0.4, 0.5) is 11.4 Å². The minimum absolute atomic E-state index is 0.0739. The maximum Gasteiger partial charge on any atom is 0.240 e. The van der Waals surface area contributed by atoms with E-state index in [4.69, 9.17) is 11.3 Å². The van der Waals surface area contributed by atoms with Crippen molar-refractivity contribution in [2.75, 3.05) is 11.5 Å². The van der Waals surface area contributed by atoms with Gasteiger partial charge in [0.15, 0.2) is 5.69 Å². The molecule has 1 N–H and O–H groups in total. The zero-order valence-corrected chi connectivity index (χ0v) is 16.9. The van der Waals surface area contributed by atoms with E-state index in [1.807, 2.05) is 24.3 Å². The summed E-state index contributed by atoms with van der Waals surface area (Å²) in [6.45, 7) is 9.42. The molecule has 0 aliphatic carbocycles. The van der Waals surface area contributed by atoms with Crippen LogP contribution in [0.3, 0.4) is 0 Å². The minimum atomic E-state index is -0.762. The van der Waals surface area contributed by atoms with Gasteiger partial charge in [0, 0.05) is 13.0 Å². The first-order valence-electron chi connectivity index (χ1n) is 10.6. The van der Waals surface area contributed by atoms with Crippen molar-refractivity contribution < 1.29 is 19.4 Å². The zero-order chi connectivity index (χ0) is 21.1. The summed E-state index contributed by atoms with van der Waals surface area (Å²) in [6, 6.07) is 10.8. The van der Waals surface area contributed by atoms with Crippen LogP contribution < -0.4 is 4.90 Å². The normalized spacial score (nSPS) is 32.1. The molecule has 6 heteroatoms. The lowest BCUT2D eigenvalue weighted by molar-refractivity contribution is -0.132. The number of nitrogens with zero attached hydrogens (tertiary/aromatic N) is 2. The molecule has 154 valence electrons. The Morgan fingerprint density at radius 3 is 2.30 bits per heavy atom. The Morgan fingerprint density at radius 1 is 1.07 bits per heavy atom. The topological polar surface area (TPSA) is 71.2 Å². The van der Waals surface area contributed by atoms with Crippen LogP contribution in [0.25, 0.3) is 15.6 Å². The molecule has 3 fully saturated rings. The molecule has 0 saturated carbocycles. The Bertz CT molecular complexity index is 1070. The Kier molecular flexibility index (Phi) is 4.25. The van der Waals surface area contributed by atoms with Crippen molar-refractivity contribution >= 4 is 34.0 Å². The van der Waals surface area contributed by atoms with Crippen molar-refractivity contribution in [1.82, 2.24) is 0 Å². The molecule has 6 nitrogen and oxygen atoms in total. The number of amides is 2. The van der Waals surface area contributed by atoms with Crippen LogP contribution in [-0.2, 0) is 14.3 Å². The number of fused-ring (bicyclic) bond motifs is 6. The van der Waals surface area contributed by atoms with Gasteiger partial charge in [-0.2, -0.15) is 0 Å². The molecule has 3 heterocycles.